The molecule has 0 radical (unpaired) electrons. The van der Waals surface area contributed by atoms with Gasteiger partial charge in [0, 0.05) is 13.1 Å². The fourth-order valence-corrected chi connectivity index (χ4v) is 2.86. The summed E-state index contributed by atoms with van der Waals surface area (Å²) in [4.78, 5) is 0. The van der Waals surface area contributed by atoms with Gasteiger partial charge >= 0.3 is 0 Å². The van der Waals surface area contributed by atoms with Crippen LogP contribution in [0.2, 0.25) is 0 Å². The molecule has 0 aromatic heterocycles. The van der Waals surface area contributed by atoms with E-state index in [2.05, 4.69) is 0 Å². The summed E-state index contributed by atoms with van der Waals surface area (Å²) >= 11 is 0. The van der Waals surface area contributed by atoms with Crippen molar-refractivity contribution >= 4 is 15.7 Å². The Morgan fingerprint density at radius 1 is 1.50 bits per heavy atom. The van der Waals surface area contributed by atoms with Gasteiger partial charge in [-0.1, -0.05) is 13.0 Å². The zero-order valence-corrected chi connectivity index (χ0v) is 11.4. The lowest BCUT2D eigenvalue weighted by atomic mass is 10.3. The standard InChI is InChI=1S/C12H16N2O3S/c1-4-12(9-13)18(15,16)14(2)10-6-5-7-11(8-10)17-3/h5-8,12H,4H2,1-3H3. The molecular weight excluding hydrogens is 252 g/mol. The zero-order valence-electron chi connectivity index (χ0n) is 10.6. The summed E-state index contributed by atoms with van der Waals surface area (Å²) < 4.78 is 30.5. The van der Waals surface area contributed by atoms with Gasteiger partial charge in [-0.05, 0) is 18.6 Å². The molecule has 1 atom stereocenters. The summed E-state index contributed by atoms with van der Waals surface area (Å²) in [6, 6.07) is 8.51. The number of nitrogens with zero attached hydrogens (tertiary/aromatic N) is 2. The summed E-state index contributed by atoms with van der Waals surface area (Å²) in [6.07, 6.45) is 0.257. The van der Waals surface area contributed by atoms with E-state index in [-0.39, 0.29) is 6.42 Å². The van der Waals surface area contributed by atoms with Crippen LogP contribution in [-0.2, 0) is 10.0 Å². The number of sulfonamides is 1. The second-order valence-electron chi connectivity index (χ2n) is 3.74. The fraction of sp³-hybridized carbons (Fsp3) is 0.417. The maximum absolute atomic E-state index is 12.2. The van der Waals surface area contributed by atoms with E-state index in [4.69, 9.17) is 10.00 Å². The van der Waals surface area contributed by atoms with Crippen LogP contribution in [0.1, 0.15) is 13.3 Å². The van der Waals surface area contributed by atoms with Crippen molar-refractivity contribution in [2.75, 3.05) is 18.5 Å². The summed E-state index contributed by atoms with van der Waals surface area (Å²) in [6.45, 7) is 1.67. The van der Waals surface area contributed by atoms with Crippen molar-refractivity contribution in [3.05, 3.63) is 24.3 Å². The van der Waals surface area contributed by atoms with Crippen molar-refractivity contribution in [2.24, 2.45) is 0 Å². The van der Waals surface area contributed by atoms with Crippen LogP contribution in [-0.4, -0.2) is 27.8 Å². The summed E-state index contributed by atoms with van der Waals surface area (Å²) in [5.74, 6) is 0.569. The van der Waals surface area contributed by atoms with Crippen LogP contribution in [0.3, 0.4) is 0 Å². The number of hydrogen-bond acceptors (Lipinski definition) is 4. The monoisotopic (exact) mass is 268 g/mol. The molecule has 0 aliphatic heterocycles. The van der Waals surface area contributed by atoms with Gasteiger partial charge < -0.3 is 4.74 Å². The Morgan fingerprint density at radius 3 is 2.67 bits per heavy atom. The average Bonchev–Trinajstić information content (AvgIpc) is 2.39. The highest BCUT2D eigenvalue weighted by atomic mass is 32.2. The minimum Gasteiger partial charge on any atom is -0.497 e. The van der Waals surface area contributed by atoms with Gasteiger partial charge in [-0.25, -0.2) is 8.42 Å². The van der Waals surface area contributed by atoms with Crippen LogP contribution >= 0.6 is 0 Å². The van der Waals surface area contributed by atoms with E-state index >= 15 is 0 Å². The molecule has 0 aliphatic carbocycles. The van der Waals surface area contributed by atoms with Gasteiger partial charge in [-0.2, -0.15) is 5.26 Å². The highest BCUT2D eigenvalue weighted by molar-refractivity contribution is 7.93. The maximum Gasteiger partial charge on any atom is 0.251 e. The smallest absolute Gasteiger partial charge is 0.251 e. The molecule has 0 N–H and O–H groups in total. The SMILES string of the molecule is CCC(C#N)S(=O)(=O)N(C)c1cccc(OC)c1. The first kappa shape index (κ1) is 14.3. The number of nitriles is 1. The third-order valence-electron chi connectivity index (χ3n) is 2.67. The van der Waals surface area contributed by atoms with Crippen molar-refractivity contribution in [3.63, 3.8) is 0 Å². The van der Waals surface area contributed by atoms with E-state index in [0.717, 1.165) is 4.31 Å². The molecule has 1 rings (SSSR count). The van der Waals surface area contributed by atoms with E-state index in [0.29, 0.717) is 11.4 Å². The third-order valence-corrected chi connectivity index (χ3v) is 4.81. The highest BCUT2D eigenvalue weighted by Gasteiger charge is 2.28. The topological polar surface area (TPSA) is 70.4 Å². The van der Waals surface area contributed by atoms with Gasteiger partial charge in [-0.3, -0.25) is 4.31 Å². The Labute approximate surface area is 108 Å². The number of hydrogen-bond donors (Lipinski definition) is 0. The predicted octanol–water partition coefficient (Wildman–Crippen LogP) is 1.76. The Kier molecular flexibility index (Phi) is 4.56. The molecule has 1 aromatic carbocycles. The molecule has 18 heavy (non-hydrogen) atoms. The van der Waals surface area contributed by atoms with Crippen LogP contribution in [0.25, 0.3) is 0 Å². The molecule has 0 heterocycles. The Bertz CT molecular complexity index is 549. The molecule has 0 spiro atoms. The first-order valence-electron chi connectivity index (χ1n) is 5.48. The molecule has 98 valence electrons. The lowest BCUT2D eigenvalue weighted by Gasteiger charge is -2.22. The van der Waals surface area contributed by atoms with E-state index in [1.807, 2.05) is 6.07 Å². The van der Waals surface area contributed by atoms with E-state index in [1.165, 1.54) is 14.2 Å². The Morgan fingerprint density at radius 2 is 2.17 bits per heavy atom. The fourth-order valence-electron chi connectivity index (χ4n) is 1.51. The third kappa shape index (κ3) is 2.74. The van der Waals surface area contributed by atoms with Gasteiger partial charge in [0.15, 0.2) is 5.25 Å². The molecule has 0 bridgehead atoms. The number of benzene rings is 1. The first-order chi connectivity index (χ1) is 8.47. The van der Waals surface area contributed by atoms with Gasteiger partial charge in [0.25, 0.3) is 10.0 Å². The Hall–Kier alpha value is -1.74. The largest absolute Gasteiger partial charge is 0.497 e. The van der Waals surface area contributed by atoms with Crippen molar-refractivity contribution in [2.45, 2.75) is 18.6 Å². The van der Waals surface area contributed by atoms with E-state index < -0.39 is 15.3 Å². The summed E-state index contributed by atoms with van der Waals surface area (Å²) in [5, 5.41) is 7.84. The molecule has 0 amide bonds. The molecule has 1 unspecified atom stereocenters. The minimum absolute atomic E-state index is 0.257. The second-order valence-corrected chi connectivity index (χ2v) is 5.89. The second kappa shape index (κ2) is 5.74. The summed E-state index contributed by atoms with van der Waals surface area (Å²) in [7, 11) is -0.716. The lowest BCUT2D eigenvalue weighted by Crippen LogP contribution is -2.35. The first-order valence-corrected chi connectivity index (χ1v) is 6.99. The molecular formula is C12H16N2O3S. The van der Waals surface area contributed by atoms with Crippen molar-refractivity contribution < 1.29 is 13.2 Å². The molecule has 5 nitrogen and oxygen atoms in total. The van der Waals surface area contributed by atoms with Crippen LogP contribution in [0, 0.1) is 11.3 Å². The average molecular weight is 268 g/mol. The van der Waals surface area contributed by atoms with E-state index in [9.17, 15) is 8.42 Å². The maximum atomic E-state index is 12.2. The van der Waals surface area contributed by atoms with Crippen molar-refractivity contribution in [3.8, 4) is 11.8 Å². The van der Waals surface area contributed by atoms with Gasteiger partial charge in [0.1, 0.15) is 5.75 Å². The minimum atomic E-state index is -3.66. The number of rotatable bonds is 5. The van der Waals surface area contributed by atoms with Gasteiger partial charge in [0.05, 0.1) is 18.9 Å². The number of methoxy groups -OCH3 is 1. The van der Waals surface area contributed by atoms with Crippen molar-refractivity contribution in [1.29, 1.82) is 5.26 Å². The molecule has 6 heteroatoms. The summed E-state index contributed by atoms with van der Waals surface area (Å²) in [5.41, 5.74) is 0.475. The zero-order chi connectivity index (χ0) is 13.8. The van der Waals surface area contributed by atoms with Crippen molar-refractivity contribution in [1.82, 2.24) is 0 Å². The highest BCUT2D eigenvalue weighted by Crippen LogP contribution is 2.24. The normalized spacial score (nSPS) is 12.6. The van der Waals surface area contributed by atoms with Gasteiger partial charge in [-0.15, -0.1) is 0 Å². The van der Waals surface area contributed by atoms with Crippen LogP contribution in [0.4, 0.5) is 5.69 Å². The quantitative estimate of drug-likeness (QED) is 0.816. The van der Waals surface area contributed by atoms with Crippen LogP contribution in [0.5, 0.6) is 5.75 Å². The van der Waals surface area contributed by atoms with Crippen LogP contribution < -0.4 is 9.04 Å². The molecule has 0 saturated carbocycles. The molecule has 0 fully saturated rings. The van der Waals surface area contributed by atoms with E-state index in [1.54, 1.807) is 31.2 Å². The van der Waals surface area contributed by atoms with Crippen LogP contribution in [0.15, 0.2) is 24.3 Å². The van der Waals surface area contributed by atoms with Gasteiger partial charge in [0.2, 0.25) is 0 Å². The Balaban J connectivity index is 3.13. The lowest BCUT2D eigenvalue weighted by molar-refractivity contribution is 0.415. The molecule has 0 aliphatic rings. The molecule has 0 saturated heterocycles. The number of ether oxygens (including phenoxy) is 1. The molecule has 1 aromatic rings. The number of anilines is 1. The predicted molar refractivity (Wildman–Crippen MR) is 70.0 cm³/mol.